The predicted octanol–water partition coefficient (Wildman–Crippen LogP) is 2.59. The zero-order valence-corrected chi connectivity index (χ0v) is 11.2. The molecule has 4 N–H and O–H groups in total. The van der Waals surface area contributed by atoms with Gasteiger partial charge in [0.25, 0.3) is 0 Å². The number of anilines is 2. The van der Waals surface area contributed by atoms with E-state index in [-0.39, 0.29) is 23.4 Å². The van der Waals surface area contributed by atoms with Gasteiger partial charge in [-0.15, -0.1) is 0 Å². The SMILES string of the molecule is CC(Nc1nc(NN)ccc1[N+](=O)[O-])c1ccc(F)cc1. The van der Waals surface area contributed by atoms with Crippen LogP contribution in [0.3, 0.4) is 0 Å². The quantitative estimate of drug-likeness (QED) is 0.444. The van der Waals surface area contributed by atoms with E-state index in [0.29, 0.717) is 5.82 Å². The number of rotatable bonds is 5. The largest absolute Gasteiger partial charge is 0.358 e. The van der Waals surface area contributed by atoms with Crippen molar-refractivity contribution < 1.29 is 9.31 Å². The van der Waals surface area contributed by atoms with Crippen LogP contribution in [-0.2, 0) is 0 Å². The highest BCUT2D eigenvalue weighted by Gasteiger charge is 2.18. The Kier molecular flexibility index (Phi) is 4.29. The molecule has 2 rings (SSSR count). The average Bonchev–Trinajstić information content (AvgIpc) is 2.47. The summed E-state index contributed by atoms with van der Waals surface area (Å²) in [6, 6.07) is 8.28. The first-order chi connectivity index (χ1) is 10.0. The van der Waals surface area contributed by atoms with Gasteiger partial charge < -0.3 is 10.7 Å². The molecule has 7 nitrogen and oxygen atoms in total. The molecule has 0 aliphatic heterocycles. The van der Waals surface area contributed by atoms with Gasteiger partial charge in [0.15, 0.2) is 0 Å². The number of nitrogens with zero attached hydrogens (tertiary/aromatic N) is 2. The van der Waals surface area contributed by atoms with Crippen LogP contribution in [0.2, 0.25) is 0 Å². The summed E-state index contributed by atoms with van der Waals surface area (Å²) >= 11 is 0. The third-order valence-electron chi connectivity index (χ3n) is 2.94. The number of hydrazine groups is 1. The van der Waals surface area contributed by atoms with Crippen LogP contribution in [0.4, 0.5) is 21.7 Å². The van der Waals surface area contributed by atoms with E-state index >= 15 is 0 Å². The van der Waals surface area contributed by atoms with Crippen LogP contribution in [0, 0.1) is 15.9 Å². The van der Waals surface area contributed by atoms with E-state index in [1.165, 1.54) is 24.3 Å². The molecule has 0 aliphatic rings. The van der Waals surface area contributed by atoms with Crippen molar-refractivity contribution in [3.8, 4) is 0 Å². The summed E-state index contributed by atoms with van der Waals surface area (Å²) in [6.07, 6.45) is 0. The second-order valence-electron chi connectivity index (χ2n) is 4.38. The van der Waals surface area contributed by atoms with E-state index in [9.17, 15) is 14.5 Å². The Bertz CT molecular complexity index is 648. The monoisotopic (exact) mass is 291 g/mol. The van der Waals surface area contributed by atoms with Crippen molar-refractivity contribution in [2.45, 2.75) is 13.0 Å². The number of benzene rings is 1. The van der Waals surface area contributed by atoms with Crippen LogP contribution in [0.25, 0.3) is 0 Å². The molecule has 0 radical (unpaired) electrons. The Labute approximate surface area is 120 Å². The Morgan fingerprint density at radius 3 is 2.52 bits per heavy atom. The molecule has 21 heavy (non-hydrogen) atoms. The fourth-order valence-corrected chi connectivity index (χ4v) is 1.83. The van der Waals surface area contributed by atoms with Gasteiger partial charge in [-0.3, -0.25) is 10.1 Å². The minimum Gasteiger partial charge on any atom is -0.358 e. The van der Waals surface area contributed by atoms with Gasteiger partial charge >= 0.3 is 5.69 Å². The number of nitro groups is 1. The molecule has 0 aliphatic carbocycles. The summed E-state index contributed by atoms with van der Waals surface area (Å²) in [5.41, 5.74) is 2.94. The molecule has 0 spiro atoms. The second kappa shape index (κ2) is 6.14. The van der Waals surface area contributed by atoms with Crippen LogP contribution in [0.5, 0.6) is 0 Å². The third-order valence-corrected chi connectivity index (χ3v) is 2.94. The molecule has 8 heteroatoms. The summed E-state index contributed by atoms with van der Waals surface area (Å²) in [7, 11) is 0. The average molecular weight is 291 g/mol. The number of nitrogens with two attached hydrogens (primary N) is 1. The molecule has 1 aromatic heterocycles. The first kappa shape index (κ1) is 14.7. The van der Waals surface area contributed by atoms with Gasteiger partial charge in [-0.2, -0.15) is 0 Å². The second-order valence-corrected chi connectivity index (χ2v) is 4.38. The maximum absolute atomic E-state index is 12.9. The Balaban J connectivity index is 2.28. The van der Waals surface area contributed by atoms with Crippen LogP contribution >= 0.6 is 0 Å². The molecular weight excluding hydrogens is 277 g/mol. The number of nitrogens with one attached hydrogen (secondary N) is 2. The normalized spacial score (nSPS) is 11.8. The molecule has 0 amide bonds. The summed E-state index contributed by atoms with van der Waals surface area (Å²) in [5.74, 6) is 5.30. The Morgan fingerprint density at radius 1 is 1.29 bits per heavy atom. The highest BCUT2D eigenvalue weighted by atomic mass is 19.1. The van der Waals surface area contributed by atoms with Crippen molar-refractivity contribution in [2.75, 3.05) is 10.7 Å². The van der Waals surface area contributed by atoms with Crippen molar-refractivity contribution in [3.05, 3.63) is 57.9 Å². The lowest BCUT2D eigenvalue weighted by molar-refractivity contribution is -0.384. The summed E-state index contributed by atoms with van der Waals surface area (Å²) in [5, 5.41) is 13.9. The zero-order valence-electron chi connectivity index (χ0n) is 11.2. The van der Waals surface area contributed by atoms with Gasteiger partial charge in [0, 0.05) is 6.07 Å². The van der Waals surface area contributed by atoms with E-state index in [4.69, 9.17) is 5.84 Å². The molecule has 2 aromatic rings. The number of aromatic nitrogens is 1. The van der Waals surface area contributed by atoms with E-state index in [0.717, 1.165) is 5.56 Å². The maximum Gasteiger partial charge on any atom is 0.311 e. The van der Waals surface area contributed by atoms with E-state index in [1.54, 1.807) is 19.1 Å². The third kappa shape index (κ3) is 3.42. The molecule has 1 atom stereocenters. The van der Waals surface area contributed by atoms with Gasteiger partial charge in [-0.05, 0) is 30.7 Å². The molecule has 0 bridgehead atoms. The lowest BCUT2D eigenvalue weighted by Gasteiger charge is -2.15. The summed E-state index contributed by atoms with van der Waals surface area (Å²) < 4.78 is 12.9. The van der Waals surface area contributed by atoms with Gasteiger partial charge in [0.2, 0.25) is 5.82 Å². The fraction of sp³-hybridized carbons (Fsp3) is 0.154. The van der Waals surface area contributed by atoms with Crippen molar-refractivity contribution in [2.24, 2.45) is 5.84 Å². The first-order valence-electron chi connectivity index (χ1n) is 6.15. The molecule has 1 aromatic carbocycles. The first-order valence-corrected chi connectivity index (χ1v) is 6.15. The minimum absolute atomic E-state index is 0.0901. The molecular formula is C13H14FN5O2. The van der Waals surface area contributed by atoms with E-state index in [2.05, 4.69) is 15.7 Å². The minimum atomic E-state index is -0.535. The van der Waals surface area contributed by atoms with Gasteiger partial charge in [0.1, 0.15) is 11.6 Å². The molecule has 1 heterocycles. The lowest BCUT2D eigenvalue weighted by atomic mass is 10.1. The van der Waals surface area contributed by atoms with Gasteiger partial charge in [-0.25, -0.2) is 15.2 Å². The number of halogens is 1. The molecule has 0 fully saturated rings. The van der Waals surface area contributed by atoms with Gasteiger partial charge in [0.05, 0.1) is 11.0 Å². The zero-order chi connectivity index (χ0) is 15.4. The smallest absolute Gasteiger partial charge is 0.311 e. The molecule has 1 unspecified atom stereocenters. The van der Waals surface area contributed by atoms with Crippen LogP contribution in [0.1, 0.15) is 18.5 Å². The topological polar surface area (TPSA) is 106 Å². The highest BCUT2D eigenvalue weighted by Crippen LogP contribution is 2.27. The standard InChI is InChI=1S/C13H14FN5O2/c1-8(9-2-4-10(14)5-3-9)16-13-11(19(20)21)6-7-12(17-13)18-15/h2-8H,15H2,1H3,(H2,16,17,18). The highest BCUT2D eigenvalue weighted by molar-refractivity contribution is 5.60. The number of pyridine rings is 1. The van der Waals surface area contributed by atoms with Crippen molar-refractivity contribution >= 4 is 17.3 Å². The maximum atomic E-state index is 12.9. The van der Waals surface area contributed by atoms with Crippen molar-refractivity contribution in [1.29, 1.82) is 0 Å². The van der Waals surface area contributed by atoms with Crippen molar-refractivity contribution in [1.82, 2.24) is 4.98 Å². The van der Waals surface area contributed by atoms with Crippen molar-refractivity contribution in [3.63, 3.8) is 0 Å². The summed E-state index contributed by atoms with van der Waals surface area (Å²) in [4.78, 5) is 14.5. The predicted molar refractivity (Wildman–Crippen MR) is 77.1 cm³/mol. The lowest BCUT2D eigenvalue weighted by Crippen LogP contribution is -2.13. The fourth-order valence-electron chi connectivity index (χ4n) is 1.83. The van der Waals surface area contributed by atoms with E-state index in [1.807, 2.05) is 0 Å². The number of nitrogen functional groups attached to an aromatic ring is 1. The Morgan fingerprint density at radius 2 is 1.95 bits per heavy atom. The number of hydrogen-bond donors (Lipinski definition) is 3. The van der Waals surface area contributed by atoms with Crippen LogP contribution in [0.15, 0.2) is 36.4 Å². The number of hydrogen-bond acceptors (Lipinski definition) is 6. The molecule has 0 saturated carbocycles. The van der Waals surface area contributed by atoms with Crippen LogP contribution < -0.4 is 16.6 Å². The van der Waals surface area contributed by atoms with E-state index < -0.39 is 4.92 Å². The summed E-state index contributed by atoms with van der Waals surface area (Å²) in [6.45, 7) is 1.79. The molecule has 110 valence electrons. The molecule has 0 saturated heterocycles. The van der Waals surface area contributed by atoms with Gasteiger partial charge in [-0.1, -0.05) is 12.1 Å². The van der Waals surface area contributed by atoms with Crippen LogP contribution in [-0.4, -0.2) is 9.91 Å². The Hall–Kier alpha value is -2.74.